The molecule has 2 saturated heterocycles. The second-order valence-electron chi connectivity index (χ2n) is 10.9. The lowest BCUT2D eigenvalue weighted by atomic mass is 9.94. The number of pyridine rings is 1. The predicted molar refractivity (Wildman–Crippen MR) is 150 cm³/mol. The molecule has 3 aromatic heterocycles. The van der Waals surface area contributed by atoms with Gasteiger partial charge in [-0.15, -0.1) is 11.3 Å². The molecule has 3 aliphatic rings. The number of hydrogen-bond acceptors (Lipinski definition) is 10. The zero-order valence-corrected chi connectivity index (χ0v) is 23.1. The van der Waals surface area contributed by atoms with Gasteiger partial charge in [0, 0.05) is 67.3 Å². The van der Waals surface area contributed by atoms with Gasteiger partial charge >= 0.3 is 0 Å². The minimum absolute atomic E-state index is 0.0962. The maximum Gasteiger partial charge on any atom is 0.226 e. The Morgan fingerprint density at radius 3 is 2.75 bits per heavy atom. The number of anilines is 2. The van der Waals surface area contributed by atoms with Gasteiger partial charge in [-0.2, -0.15) is 5.26 Å². The Morgan fingerprint density at radius 2 is 1.95 bits per heavy atom. The van der Waals surface area contributed by atoms with Crippen LogP contribution in [-0.2, 0) is 18.0 Å². The zero-order valence-electron chi connectivity index (χ0n) is 22.2. The van der Waals surface area contributed by atoms with Crippen LogP contribution >= 0.6 is 11.3 Å². The average molecular weight is 563 g/mol. The van der Waals surface area contributed by atoms with Gasteiger partial charge in [0.25, 0.3) is 0 Å². The quantitative estimate of drug-likeness (QED) is 0.398. The number of hydrogen-bond donors (Lipinski definition) is 1. The summed E-state index contributed by atoms with van der Waals surface area (Å²) >= 11 is 0.960. The lowest BCUT2D eigenvalue weighted by Crippen LogP contribution is -2.54. The first kappa shape index (κ1) is 25.5. The molecule has 2 atom stereocenters. The molecule has 0 spiro atoms. The summed E-state index contributed by atoms with van der Waals surface area (Å²) in [6, 6.07) is 2.95. The molecule has 3 aliphatic heterocycles. The van der Waals surface area contributed by atoms with Gasteiger partial charge < -0.3 is 20.3 Å². The third-order valence-corrected chi connectivity index (χ3v) is 9.71. The standard InChI is InChI=1S/C28H28F2N8OS/c1-14-10-37(6-5-36(14)2)15-3-4-38(11-15)28-34-8-17-18-12-39-13-19(18)21(23(30)24(17)35-28)25-22-16(7-31)27(32)40-26(22)20(29)9-33-25/h8-9,14-15H,3-6,10-13,32H2,1-2H3/t14-,15+/m0/s1. The van der Waals surface area contributed by atoms with E-state index in [1.807, 2.05) is 6.07 Å². The van der Waals surface area contributed by atoms with Gasteiger partial charge in [-0.25, -0.2) is 18.7 Å². The second kappa shape index (κ2) is 9.55. The molecule has 1 aromatic carbocycles. The first-order valence-corrected chi connectivity index (χ1v) is 14.2. The van der Waals surface area contributed by atoms with E-state index in [0.717, 1.165) is 62.2 Å². The van der Waals surface area contributed by atoms with Crippen molar-refractivity contribution in [2.24, 2.45) is 0 Å². The van der Waals surface area contributed by atoms with Crippen molar-refractivity contribution in [2.45, 2.75) is 38.6 Å². The number of rotatable bonds is 3. The molecule has 0 aliphatic carbocycles. The van der Waals surface area contributed by atoms with E-state index in [9.17, 15) is 9.65 Å². The molecule has 12 heteroatoms. The van der Waals surface area contributed by atoms with E-state index < -0.39 is 11.6 Å². The lowest BCUT2D eigenvalue weighted by molar-refractivity contribution is 0.0784. The highest BCUT2D eigenvalue weighted by Gasteiger charge is 2.34. The molecule has 9 nitrogen and oxygen atoms in total. The number of ether oxygens (including phenoxy) is 1. The molecule has 0 unspecified atom stereocenters. The van der Waals surface area contributed by atoms with E-state index in [1.54, 1.807) is 6.20 Å². The van der Waals surface area contributed by atoms with Crippen LogP contribution in [0.5, 0.6) is 0 Å². The van der Waals surface area contributed by atoms with Crippen LogP contribution in [0.1, 0.15) is 30.0 Å². The van der Waals surface area contributed by atoms with Crippen molar-refractivity contribution in [3.63, 3.8) is 0 Å². The minimum Gasteiger partial charge on any atom is -0.389 e. The number of nitriles is 1. The highest BCUT2D eigenvalue weighted by atomic mass is 32.1. The number of likely N-dealkylation sites (N-methyl/N-ethyl adjacent to an activating group) is 1. The molecular weight excluding hydrogens is 534 g/mol. The van der Waals surface area contributed by atoms with Crippen LogP contribution in [0.2, 0.25) is 0 Å². The highest BCUT2D eigenvalue weighted by molar-refractivity contribution is 7.23. The Bertz CT molecular complexity index is 1720. The Hall–Kier alpha value is -3.50. The van der Waals surface area contributed by atoms with Crippen molar-refractivity contribution in [3.8, 4) is 17.3 Å². The van der Waals surface area contributed by atoms with Crippen LogP contribution in [0.25, 0.3) is 32.2 Å². The largest absolute Gasteiger partial charge is 0.389 e. The number of piperazine rings is 1. The monoisotopic (exact) mass is 562 g/mol. The third kappa shape index (κ3) is 3.83. The van der Waals surface area contributed by atoms with E-state index >= 15 is 4.39 Å². The van der Waals surface area contributed by atoms with Crippen molar-refractivity contribution < 1.29 is 13.5 Å². The highest BCUT2D eigenvalue weighted by Crippen LogP contribution is 2.45. The number of nitrogens with zero attached hydrogens (tertiary/aromatic N) is 7. The van der Waals surface area contributed by atoms with Crippen molar-refractivity contribution in [1.82, 2.24) is 24.8 Å². The first-order valence-electron chi connectivity index (χ1n) is 13.4. The normalized spacial score (nSPS) is 21.9. The van der Waals surface area contributed by atoms with Crippen LogP contribution in [0.15, 0.2) is 12.4 Å². The van der Waals surface area contributed by atoms with Crippen LogP contribution in [0.4, 0.5) is 19.7 Å². The molecular formula is C28H28F2N8OS. The van der Waals surface area contributed by atoms with E-state index in [0.29, 0.717) is 29.0 Å². The van der Waals surface area contributed by atoms with E-state index in [-0.39, 0.29) is 50.6 Å². The van der Waals surface area contributed by atoms with Gasteiger partial charge in [0.1, 0.15) is 16.6 Å². The maximum atomic E-state index is 16.6. The van der Waals surface area contributed by atoms with Crippen LogP contribution in [0, 0.1) is 23.0 Å². The Labute approximate surface area is 233 Å². The number of thiophene rings is 1. The smallest absolute Gasteiger partial charge is 0.226 e. The molecule has 0 saturated carbocycles. The van der Waals surface area contributed by atoms with Crippen LogP contribution < -0.4 is 10.6 Å². The summed E-state index contributed by atoms with van der Waals surface area (Å²) in [6.45, 7) is 7.35. The first-order chi connectivity index (χ1) is 19.4. The third-order valence-electron chi connectivity index (χ3n) is 8.69. The van der Waals surface area contributed by atoms with Gasteiger partial charge in [-0.3, -0.25) is 9.88 Å². The summed E-state index contributed by atoms with van der Waals surface area (Å²) in [7, 11) is 2.16. The topological polar surface area (TPSA) is 107 Å². The van der Waals surface area contributed by atoms with Crippen LogP contribution in [-0.4, -0.2) is 76.6 Å². The van der Waals surface area contributed by atoms with E-state index in [4.69, 9.17) is 15.5 Å². The summed E-state index contributed by atoms with van der Waals surface area (Å²) in [5.74, 6) is -0.704. The molecule has 206 valence electrons. The average Bonchev–Trinajstić information content (AvgIpc) is 3.70. The molecule has 0 bridgehead atoms. The maximum absolute atomic E-state index is 16.6. The summed E-state index contributed by atoms with van der Waals surface area (Å²) < 4.78 is 37.2. The summed E-state index contributed by atoms with van der Waals surface area (Å²) in [5.41, 5.74) is 8.05. The fourth-order valence-corrected chi connectivity index (χ4v) is 7.24. The SMILES string of the molecule is C[C@H]1CN([C@@H]2CCN(c3ncc4c5c(c(-c6ncc(F)c7sc(N)c(C#N)c67)c(F)c4n3)COC5)C2)CCN1C. The minimum atomic E-state index is -0.603. The van der Waals surface area contributed by atoms with E-state index in [2.05, 4.69) is 38.6 Å². The lowest BCUT2D eigenvalue weighted by Gasteiger charge is -2.40. The van der Waals surface area contributed by atoms with Crippen molar-refractivity contribution in [2.75, 3.05) is 50.4 Å². The summed E-state index contributed by atoms with van der Waals surface area (Å²) in [4.78, 5) is 20.7. The molecule has 2 fully saturated rings. The summed E-state index contributed by atoms with van der Waals surface area (Å²) in [5, 5.41) is 10.8. The number of benzene rings is 1. The van der Waals surface area contributed by atoms with Gasteiger partial charge in [0.05, 0.1) is 35.4 Å². The Morgan fingerprint density at radius 1 is 1.12 bits per heavy atom. The number of nitrogen functional groups attached to an aromatic ring is 1. The van der Waals surface area contributed by atoms with Crippen molar-refractivity contribution in [1.29, 1.82) is 5.26 Å². The number of nitrogens with two attached hydrogens (primary N) is 1. The van der Waals surface area contributed by atoms with Crippen molar-refractivity contribution >= 4 is 43.3 Å². The fourth-order valence-electron chi connectivity index (χ4n) is 6.32. The molecule has 6 heterocycles. The molecule has 2 N–H and O–H groups in total. The summed E-state index contributed by atoms with van der Waals surface area (Å²) in [6.07, 6.45) is 3.73. The van der Waals surface area contributed by atoms with Gasteiger partial charge in [-0.05, 0) is 31.5 Å². The molecule has 4 aromatic rings. The van der Waals surface area contributed by atoms with Gasteiger partial charge in [0.15, 0.2) is 11.6 Å². The Balaban J connectivity index is 1.32. The number of aromatic nitrogens is 3. The fraction of sp³-hybridized carbons (Fsp3) is 0.429. The second-order valence-corrected chi connectivity index (χ2v) is 11.9. The molecule has 0 amide bonds. The number of fused-ring (bicyclic) bond motifs is 4. The predicted octanol–water partition coefficient (Wildman–Crippen LogP) is 3.88. The molecule has 7 rings (SSSR count). The zero-order chi connectivity index (χ0) is 27.7. The Kier molecular flexibility index (Phi) is 6.08. The van der Waals surface area contributed by atoms with Gasteiger partial charge in [-0.1, -0.05) is 0 Å². The molecule has 40 heavy (non-hydrogen) atoms. The van der Waals surface area contributed by atoms with Crippen molar-refractivity contribution in [3.05, 3.63) is 40.7 Å². The van der Waals surface area contributed by atoms with Gasteiger partial charge in [0.2, 0.25) is 5.95 Å². The number of halogens is 2. The van der Waals surface area contributed by atoms with E-state index in [1.165, 1.54) is 0 Å². The molecule has 0 radical (unpaired) electrons. The van der Waals surface area contributed by atoms with Crippen LogP contribution in [0.3, 0.4) is 0 Å².